The van der Waals surface area contributed by atoms with E-state index in [1.54, 1.807) is 13.2 Å². The van der Waals surface area contributed by atoms with Crippen molar-refractivity contribution in [3.8, 4) is 11.8 Å². The largest absolute Gasteiger partial charge is 0.496 e. The summed E-state index contributed by atoms with van der Waals surface area (Å²) in [6, 6.07) is 15.8. The molecule has 0 N–H and O–H groups in total. The third-order valence-corrected chi connectivity index (χ3v) is 3.19. The van der Waals surface area contributed by atoms with Crippen molar-refractivity contribution < 1.29 is 4.74 Å². The summed E-state index contributed by atoms with van der Waals surface area (Å²) >= 11 is 3.46. The second-order valence-corrected chi connectivity index (χ2v) is 4.86. The molecule has 0 amide bonds. The zero-order valence-corrected chi connectivity index (χ0v) is 11.6. The number of nitrogens with zero attached hydrogens (tertiary/aromatic N) is 1. The Morgan fingerprint density at radius 2 is 2.06 bits per heavy atom. The van der Waals surface area contributed by atoms with Gasteiger partial charge in [-0.15, -0.1) is 0 Å². The molecule has 0 aromatic heterocycles. The van der Waals surface area contributed by atoms with Crippen LogP contribution in [0.15, 0.2) is 46.9 Å². The summed E-state index contributed by atoms with van der Waals surface area (Å²) in [5.74, 6) is 0.758. The summed E-state index contributed by atoms with van der Waals surface area (Å²) in [4.78, 5) is 0. The van der Waals surface area contributed by atoms with Gasteiger partial charge >= 0.3 is 0 Å². The lowest BCUT2D eigenvalue weighted by Crippen LogP contribution is -1.94. The molecule has 0 heterocycles. The highest BCUT2D eigenvalue weighted by molar-refractivity contribution is 9.10. The molecule has 0 bridgehead atoms. The monoisotopic (exact) mass is 301 g/mol. The van der Waals surface area contributed by atoms with Gasteiger partial charge in [0, 0.05) is 10.9 Å². The van der Waals surface area contributed by atoms with E-state index >= 15 is 0 Å². The standard InChI is InChI=1S/C15H12BrNO/c1-18-15-9-12(10-17)5-6-13(15)7-11-3-2-4-14(16)8-11/h2-6,8-9H,7H2,1H3. The minimum atomic E-state index is 0.616. The number of hydrogen-bond acceptors (Lipinski definition) is 2. The third-order valence-electron chi connectivity index (χ3n) is 2.70. The van der Waals surface area contributed by atoms with E-state index in [1.165, 1.54) is 5.56 Å². The molecule has 2 aromatic carbocycles. The molecule has 0 unspecified atom stereocenters. The molecule has 0 aliphatic rings. The van der Waals surface area contributed by atoms with Crippen molar-refractivity contribution in [2.45, 2.75) is 6.42 Å². The number of methoxy groups -OCH3 is 1. The molecular weight excluding hydrogens is 290 g/mol. The van der Waals surface area contributed by atoms with Gasteiger partial charge in [0.15, 0.2) is 0 Å². The Balaban J connectivity index is 2.32. The number of hydrogen-bond donors (Lipinski definition) is 0. The first-order chi connectivity index (χ1) is 8.72. The zero-order valence-electron chi connectivity index (χ0n) is 9.98. The molecule has 0 saturated heterocycles. The van der Waals surface area contributed by atoms with E-state index in [0.717, 1.165) is 22.2 Å². The molecule has 0 saturated carbocycles. The van der Waals surface area contributed by atoms with E-state index in [-0.39, 0.29) is 0 Å². The average Bonchev–Trinajstić information content (AvgIpc) is 2.39. The lowest BCUT2D eigenvalue weighted by atomic mass is 10.0. The Labute approximate surface area is 115 Å². The number of halogens is 1. The number of benzene rings is 2. The molecule has 2 nitrogen and oxygen atoms in total. The maximum Gasteiger partial charge on any atom is 0.123 e. The van der Waals surface area contributed by atoms with Gasteiger partial charge < -0.3 is 4.74 Å². The summed E-state index contributed by atoms with van der Waals surface area (Å²) in [7, 11) is 1.63. The Kier molecular flexibility index (Phi) is 4.01. The predicted molar refractivity (Wildman–Crippen MR) is 74.7 cm³/mol. The molecule has 3 heteroatoms. The Hall–Kier alpha value is -1.79. The summed E-state index contributed by atoms with van der Waals surface area (Å²) < 4.78 is 6.39. The van der Waals surface area contributed by atoms with Crippen molar-refractivity contribution in [1.82, 2.24) is 0 Å². The molecule has 0 fully saturated rings. The fraction of sp³-hybridized carbons (Fsp3) is 0.133. The van der Waals surface area contributed by atoms with E-state index in [2.05, 4.69) is 34.1 Å². The van der Waals surface area contributed by atoms with E-state index in [1.807, 2.05) is 24.3 Å². The molecule has 18 heavy (non-hydrogen) atoms. The van der Waals surface area contributed by atoms with E-state index in [9.17, 15) is 0 Å². The van der Waals surface area contributed by atoms with Crippen LogP contribution in [0, 0.1) is 11.3 Å². The predicted octanol–water partition coefficient (Wildman–Crippen LogP) is 3.92. The first-order valence-electron chi connectivity index (χ1n) is 5.54. The van der Waals surface area contributed by atoms with E-state index in [0.29, 0.717) is 5.56 Å². The van der Waals surface area contributed by atoms with Crippen LogP contribution in [0.3, 0.4) is 0 Å². The molecular formula is C15H12BrNO. The summed E-state index contributed by atoms with van der Waals surface area (Å²) in [5.41, 5.74) is 2.90. The highest BCUT2D eigenvalue weighted by atomic mass is 79.9. The highest BCUT2D eigenvalue weighted by Gasteiger charge is 2.05. The zero-order chi connectivity index (χ0) is 13.0. The summed E-state index contributed by atoms with van der Waals surface area (Å²) in [6.45, 7) is 0. The molecule has 0 atom stereocenters. The van der Waals surface area contributed by atoms with Crippen molar-refractivity contribution in [1.29, 1.82) is 5.26 Å². The lowest BCUT2D eigenvalue weighted by molar-refractivity contribution is 0.410. The third kappa shape index (κ3) is 2.91. The van der Waals surface area contributed by atoms with Gasteiger partial charge in [0.2, 0.25) is 0 Å². The summed E-state index contributed by atoms with van der Waals surface area (Å²) in [6.07, 6.45) is 0.786. The van der Waals surface area contributed by atoms with Gasteiger partial charge in [-0.3, -0.25) is 0 Å². The van der Waals surface area contributed by atoms with Gasteiger partial charge in [0.1, 0.15) is 5.75 Å². The second-order valence-electron chi connectivity index (χ2n) is 3.95. The van der Waals surface area contributed by atoms with E-state index < -0.39 is 0 Å². The van der Waals surface area contributed by atoms with Crippen LogP contribution in [0.1, 0.15) is 16.7 Å². The maximum atomic E-state index is 8.86. The minimum absolute atomic E-state index is 0.616. The Bertz CT molecular complexity index is 602. The van der Waals surface area contributed by atoms with Gasteiger partial charge in [-0.05, 0) is 35.4 Å². The molecule has 0 aliphatic heterocycles. The average molecular weight is 302 g/mol. The SMILES string of the molecule is COc1cc(C#N)ccc1Cc1cccc(Br)c1. The van der Waals surface area contributed by atoms with Gasteiger partial charge in [-0.2, -0.15) is 5.26 Å². The van der Waals surface area contributed by atoms with Crippen molar-refractivity contribution in [2.75, 3.05) is 7.11 Å². The fourth-order valence-corrected chi connectivity index (χ4v) is 2.27. The van der Waals surface area contributed by atoms with Crippen molar-refractivity contribution in [3.63, 3.8) is 0 Å². The number of nitriles is 1. The van der Waals surface area contributed by atoms with Gasteiger partial charge in [0.25, 0.3) is 0 Å². The molecule has 0 spiro atoms. The first kappa shape index (κ1) is 12.7. The van der Waals surface area contributed by atoms with Crippen LogP contribution in [0.5, 0.6) is 5.75 Å². The van der Waals surface area contributed by atoms with Crippen molar-refractivity contribution in [2.24, 2.45) is 0 Å². The van der Waals surface area contributed by atoms with Crippen LogP contribution in [-0.4, -0.2) is 7.11 Å². The van der Waals surface area contributed by atoms with Gasteiger partial charge in [-0.25, -0.2) is 0 Å². The minimum Gasteiger partial charge on any atom is -0.496 e. The van der Waals surface area contributed by atoms with Crippen LogP contribution < -0.4 is 4.74 Å². The van der Waals surface area contributed by atoms with Crippen molar-refractivity contribution >= 4 is 15.9 Å². The lowest BCUT2D eigenvalue weighted by Gasteiger charge is -2.09. The topological polar surface area (TPSA) is 33.0 Å². The Morgan fingerprint density at radius 1 is 1.22 bits per heavy atom. The Morgan fingerprint density at radius 3 is 2.72 bits per heavy atom. The van der Waals surface area contributed by atoms with Gasteiger partial charge in [0.05, 0.1) is 18.7 Å². The quantitative estimate of drug-likeness (QED) is 0.861. The fourth-order valence-electron chi connectivity index (χ4n) is 1.83. The van der Waals surface area contributed by atoms with E-state index in [4.69, 9.17) is 10.00 Å². The summed E-state index contributed by atoms with van der Waals surface area (Å²) in [5, 5.41) is 8.86. The smallest absolute Gasteiger partial charge is 0.123 e. The molecule has 0 radical (unpaired) electrons. The molecule has 2 aromatic rings. The van der Waals surface area contributed by atoms with Crippen LogP contribution >= 0.6 is 15.9 Å². The van der Waals surface area contributed by atoms with Crippen LogP contribution in [-0.2, 0) is 6.42 Å². The second kappa shape index (κ2) is 5.70. The number of ether oxygens (including phenoxy) is 1. The van der Waals surface area contributed by atoms with Gasteiger partial charge in [-0.1, -0.05) is 34.1 Å². The molecule has 2 rings (SSSR count). The van der Waals surface area contributed by atoms with Crippen molar-refractivity contribution in [3.05, 3.63) is 63.6 Å². The maximum absolute atomic E-state index is 8.86. The van der Waals surface area contributed by atoms with Crippen LogP contribution in [0.2, 0.25) is 0 Å². The molecule has 90 valence electrons. The van der Waals surface area contributed by atoms with Crippen LogP contribution in [0.25, 0.3) is 0 Å². The normalized spacial score (nSPS) is 9.83. The number of rotatable bonds is 3. The highest BCUT2D eigenvalue weighted by Crippen LogP contribution is 2.24. The first-order valence-corrected chi connectivity index (χ1v) is 6.33. The molecule has 0 aliphatic carbocycles. The van der Waals surface area contributed by atoms with Crippen LogP contribution in [0.4, 0.5) is 0 Å².